The molecule has 0 fully saturated rings. The van der Waals surface area contributed by atoms with Crippen molar-refractivity contribution in [1.29, 1.82) is 0 Å². The Kier molecular flexibility index (Phi) is 3.43. The van der Waals surface area contributed by atoms with Crippen molar-refractivity contribution < 1.29 is 17.7 Å². The second-order valence-corrected chi connectivity index (χ2v) is 4.19. The summed E-state index contributed by atoms with van der Waals surface area (Å²) < 4.78 is 34.8. The molecule has 0 atom stereocenters. The van der Waals surface area contributed by atoms with Crippen LogP contribution < -0.4 is 0 Å². The van der Waals surface area contributed by atoms with Gasteiger partial charge in [-0.25, -0.2) is 0 Å². The summed E-state index contributed by atoms with van der Waals surface area (Å²) in [5, 5.41) is 10.7. The van der Waals surface area contributed by atoms with Crippen molar-refractivity contribution in [2.75, 3.05) is 0 Å². The Morgan fingerprint density at radius 2 is 1.71 bits per heavy atom. The monoisotopic (exact) mass is 292 g/mol. The van der Waals surface area contributed by atoms with Gasteiger partial charge in [0.25, 0.3) is 11.8 Å². The highest BCUT2D eigenvalue weighted by molar-refractivity contribution is 5.61. The van der Waals surface area contributed by atoms with Gasteiger partial charge in [-0.2, -0.15) is 13.8 Å². The quantitative estimate of drug-likeness (QED) is 0.734. The lowest BCUT2D eigenvalue weighted by atomic mass is 10.1. The van der Waals surface area contributed by atoms with E-state index in [1.54, 1.807) is 24.3 Å². The van der Waals surface area contributed by atoms with Crippen molar-refractivity contribution in [3.63, 3.8) is 0 Å². The van der Waals surface area contributed by atoms with E-state index in [1.807, 2.05) is 6.92 Å². The number of hydrogen-bond donors (Lipinski definition) is 0. The molecule has 21 heavy (non-hydrogen) atoms. The predicted molar refractivity (Wildman–Crippen MR) is 67.4 cm³/mol. The summed E-state index contributed by atoms with van der Waals surface area (Å²) in [6, 6.07) is 6.75. The molecule has 8 heteroatoms. The summed E-state index contributed by atoms with van der Waals surface area (Å²) >= 11 is 0. The Bertz CT molecular complexity index is 737. The minimum absolute atomic E-state index is 0.0385. The number of halogens is 2. The van der Waals surface area contributed by atoms with Gasteiger partial charge in [0.05, 0.1) is 0 Å². The maximum Gasteiger partial charge on any atom is 0.314 e. The van der Waals surface area contributed by atoms with Gasteiger partial charge in [0.15, 0.2) is 5.82 Å². The molecule has 6 nitrogen and oxygen atoms in total. The second-order valence-electron chi connectivity index (χ2n) is 4.19. The normalized spacial score (nSPS) is 11.2. The third-order valence-electron chi connectivity index (χ3n) is 2.79. The van der Waals surface area contributed by atoms with E-state index in [4.69, 9.17) is 8.94 Å². The van der Waals surface area contributed by atoms with E-state index >= 15 is 0 Å². The van der Waals surface area contributed by atoms with Crippen LogP contribution in [-0.2, 0) is 6.42 Å². The van der Waals surface area contributed by atoms with Gasteiger partial charge in [-0.15, -0.1) is 10.2 Å². The number of aryl methyl sites for hydroxylation is 1. The Morgan fingerprint density at radius 3 is 2.24 bits per heavy atom. The third-order valence-corrected chi connectivity index (χ3v) is 2.79. The Labute approximate surface area is 117 Å². The molecule has 0 aliphatic rings. The summed E-state index contributed by atoms with van der Waals surface area (Å²) in [7, 11) is 0. The number of nitrogens with zero attached hydrogens (tertiary/aromatic N) is 4. The number of rotatable bonds is 4. The molecule has 0 spiro atoms. The van der Waals surface area contributed by atoms with Crippen LogP contribution >= 0.6 is 0 Å². The lowest BCUT2D eigenvalue weighted by molar-refractivity contribution is 0.116. The highest BCUT2D eigenvalue weighted by atomic mass is 19.3. The first kappa shape index (κ1) is 13.3. The fourth-order valence-corrected chi connectivity index (χ4v) is 1.71. The van der Waals surface area contributed by atoms with Crippen LogP contribution in [0.15, 0.2) is 33.2 Å². The largest absolute Gasteiger partial charge is 0.415 e. The van der Waals surface area contributed by atoms with Gasteiger partial charge in [-0.3, -0.25) is 0 Å². The molecule has 0 aliphatic carbocycles. The lowest BCUT2D eigenvalue weighted by Gasteiger charge is -1.96. The van der Waals surface area contributed by atoms with Gasteiger partial charge >= 0.3 is 6.43 Å². The summed E-state index contributed by atoms with van der Waals surface area (Å²) in [5.74, 6) is 0.361. The molecule has 0 aliphatic heterocycles. The molecule has 0 saturated carbocycles. The zero-order chi connectivity index (χ0) is 14.8. The van der Waals surface area contributed by atoms with E-state index < -0.39 is 12.3 Å². The Morgan fingerprint density at radius 1 is 1.05 bits per heavy atom. The van der Waals surface area contributed by atoms with Crippen LogP contribution in [0.3, 0.4) is 0 Å². The van der Waals surface area contributed by atoms with Crippen molar-refractivity contribution in [2.45, 2.75) is 19.8 Å². The highest BCUT2D eigenvalue weighted by Crippen LogP contribution is 2.25. The summed E-state index contributed by atoms with van der Waals surface area (Å²) in [6.07, 6.45) is -2.10. The second kappa shape index (κ2) is 5.39. The van der Waals surface area contributed by atoms with E-state index in [-0.39, 0.29) is 5.89 Å². The summed E-state index contributed by atoms with van der Waals surface area (Å²) in [6.45, 7) is 1.92. The van der Waals surface area contributed by atoms with Gasteiger partial charge in [-0.1, -0.05) is 12.1 Å². The average Bonchev–Trinajstić information content (AvgIpc) is 3.17. The van der Waals surface area contributed by atoms with Gasteiger partial charge < -0.3 is 8.94 Å². The van der Waals surface area contributed by atoms with Gasteiger partial charge in [-0.05, 0) is 24.3 Å². The average molecular weight is 292 g/mol. The van der Waals surface area contributed by atoms with Crippen molar-refractivity contribution in [1.82, 2.24) is 20.3 Å². The molecule has 0 amide bonds. The SMILES string of the molecule is CCc1noc(-c2ccc(-c3nnc(C(F)F)o3)cc2)n1. The highest BCUT2D eigenvalue weighted by Gasteiger charge is 2.17. The standard InChI is InChI=1S/C13H10F2N4O2/c1-2-9-16-11(21-19-9)7-3-5-8(6-4-7)12-17-18-13(20-12)10(14)15/h3-6,10H,2H2,1H3. The molecule has 3 aromatic rings. The van der Waals surface area contributed by atoms with Crippen LogP contribution in [0.4, 0.5) is 8.78 Å². The fourth-order valence-electron chi connectivity index (χ4n) is 1.71. The van der Waals surface area contributed by atoms with Crippen LogP contribution in [0.1, 0.15) is 25.1 Å². The maximum absolute atomic E-state index is 12.4. The molecule has 2 aromatic heterocycles. The van der Waals surface area contributed by atoms with Crippen molar-refractivity contribution in [3.8, 4) is 22.9 Å². The van der Waals surface area contributed by atoms with E-state index in [1.165, 1.54) is 0 Å². The zero-order valence-electron chi connectivity index (χ0n) is 11.0. The minimum atomic E-state index is -2.78. The van der Waals surface area contributed by atoms with E-state index in [0.29, 0.717) is 23.7 Å². The molecule has 0 unspecified atom stereocenters. The van der Waals surface area contributed by atoms with Crippen LogP contribution in [-0.4, -0.2) is 20.3 Å². The molecule has 108 valence electrons. The molecular weight excluding hydrogens is 282 g/mol. The number of alkyl halides is 2. The van der Waals surface area contributed by atoms with Gasteiger partial charge in [0.2, 0.25) is 5.89 Å². The van der Waals surface area contributed by atoms with Crippen LogP contribution in [0, 0.1) is 0 Å². The van der Waals surface area contributed by atoms with E-state index in [0.717, 1.165) is 5.56 Å². The third kappa shape index (κ3) is 2.64. The molecule has 0 bridgehead atoms. The Balaban J connectivity index is 1.86. The van der Waals surface area contributed by atoms with E-state index in [2.05, 4.69) is 20.3 Å². The summed E-state index contributed by atoms with van der Waals surface area (Å²) in [5.41, 5.74) is 1.26. The summed E-state index contributed by atoms with van der Waals surface area (Å²) in [4.78, 5) is 4.20. The molecule has 0 N–H and O–H groups in total. The number of benzene rings is 1. The van der Waals surface area contributed by atoms with Gasteiger partial charge in [0.1, 0.15) is 0 Å². The zero-order valence-corrected chi connectivity index (χ0v) is 11.0. The maximum atomic E-state index is 12.4. The first-order chi connectivity index (χ1) is 10.2. The predicted octanol–water partition coefficient (Wildman–Crippen LogP) is 3.29. The van der Waals surface area contributed by atoms with Crippen molar-refractivity contribution in [2.24, 2.45) is 0 Å². The molecule has 3 rings (SSSR count). The molecule has 0 saturated heterocycles. The topological polar surface area (TPSA) is 77.8 Å². The first-order valence-electron chi connectivity index (χ1n) is 6.22. The minimum Gasteiger partial charge on any atom is -0.415 e. The lowest BCUT2D eigenvalue weighted by Crippen LogP contribution is -1.83. The van der Waals surface area contributed by atoms with Crippen molar-refractivity contribution in [3.05, 3.63) is 36.0 Å². The molecule has 2 heterocycles. The molecular formula is C13H10F2N4O2. The number of aromatic nitrogens is 4. The van der Waals surface area contributed by atoms with Crippen molar-refractivity contribution >= 4 is 0 Å². The van der Waals surface area contributed by atoms with Gasteiger partial charge in [0, 0.05) is 17.5 Å². The molecule has 1 aromatic carbocycles. The smallest absolute Gasteiger partial charge is 0.314 e. The fraction of sp³-hybridized carbons (Fsp3) is 0.231. The van der Waals surface area contributed by atoms with Crippen LogP contribution in [0.5, 0.6) is 0 Å². The van der Waals surface area contributed by atoms with Crippen LogP contribution in [0.25, 0.3) is 22.9 Å². The Hall–Kier alpha value is -2.64. The number of hydrogen-bond acceptors (Lipinski definition) is 6. The first-order valence-corrected chi connectivity index (χ1v) is 6.22. The van der Waals surface area contributed by atoms with E-state index in [9.17, 15) is 8.78 Å². The molecule has 0 radical (unpaired) electrons. The van der Waals surface area contributed by atoms with Crippen LogP contribution in [0.2, 0.25) is 0 Å².